The first-order chi connectivity index (χ1) is 12.7. The number of ether oxygens (including phenoxy) is 2. The van der Waals surface area contributed by atoms with Crippen molar-refractivity contribution in [3.05, 3.63) is 77.0 Å². The first-order valence-corrected chi connectivity index (χ1v) is 8.65. The molecule has 1 aliphatic rings. The highest BCUT2D eigenvalue weighted by molar-refractivity contribution is 5.98. The van der Waals surface area contributed by atoms with Crippen molar-refractivity contribution in [1.29, 1.82) is 0 Å². The molecule has 0 spiro atoms. The third-order valence-corrected chi connectivity index (χ3v) is 4.09. The standard InChI is InChI=1S/C21H20O5/c1-3-9-16-15(4-2)19(26-20(16)22)18(14-10-6-5-7-11-14)25-21(23)17-12-8-13-24-17/h5-8,10-13H,3-4,9H2,1-2H3/b19-18+. The first kappa shape index (κ1) is 17.7. The average Bonchev–Trinajstić information content (AvgIpc) is 3.29. The van der Waals surface area contributed by atoms with E-state index in [4.69, 9.17) is 13.9 Å². The lowest BCUT2D eigenvalue weighted by molar-refractivity contribution is -0.133. The van der Waals surface area contributed by atoms with Crippen molar-refractivity contribution in [3.63, 3.8) is 0 Å². The van der Waals surface area contributed by atoms with E-state index in [9.17, 15) is 9.59 Å². The van der Waals surface area contributed by atoms with Crippen LogP contribution in [0.3, 0.4) is 0 Å². The number of rotatable bonds is 6. The SMILES string of the molecule is CCCC1=C(CC)/C(=C(\OC(=O)c2ccco2)c2ccccc2)OC1=O. The monoisotopic (exact) mass is 352 g/mol. The Bertz CT molecular complexity index is 857. The lowest BCUT2D eigenvalue weighted by Crippen LogP contribution is -2.07. The first-order valence-electron chi connectivity index (χ1n) is 8.65. The summed E-state index contributed by atoms with van der Waals surface area (Å²) in [4.78, 5) is 24.7. The molecule has 2 heterocycles. The van der Waals surface area contributed by atoms with E-state index in [1.54, 1.807) is 18.2 Å². The number of benzene rings is 1. The highest BCUT2D eigenvalue weighted by atomic mass is 16.6. The van der Waals surface area contributed by atoms with E-state index < -0.39 is 5.97 Å². The van der Waals surface area contributed by atoms with Gasteiger partial charge in [0.2, 0.25) is 5.76 Å². The Balaban J connectivity index is 2.09. The third-order valence-electron chi connectivity index (χ3n) is 4.09. The number of esters is 2. The Morgan fingerprint density at radius 3 is 2.42 bits per heavy atom. The summed E-state index contributed by atoms with van der Waals surface area (Å²) in [6, 6.07) is 12.3. The molecule has 5 heteroatoms. The van der Waals surface area contributed by atoms with Crippen molar-refractivity contribution in [2.24, 2.45) is 0 Å². The minimum absolute atomic E-state index is 0.0826. The molecule has 0 saturated heterocycles. The molecule has 1 aliphatic heterocycles. The molecule has 0 aliphatic carbocycles. The minimum atomic E-state index is -0.642. The third kappa shape index (κ3) is 3.47. The van der Waals surface area contributed by atoms with E-state index in [1.807, 2.05) is 32.0 Å². The molecule has 134 valence electrons. The lowest BCUT2D eigenvalue weighted by atomic mass is 10.0. The summed E-state index contributed by atoms with van der Waals surface area (Å²) in [5, 5.41) is 0. The van der Waals surface area contributed by atoms with Gasteiger partial charge in [-0.2, -0.15) is 0 Å². The molecule has 0 bridgehead atoms. The van der Waals surface area contributed by atoms with Gasteiger partial charge in [0, 0.05) is 16.7 Å². The Morgan fingerprint density at radius 1 is 1.04 bits per heavy atom. The van der Waals surface area contributed by atoms with Gasteiger partial charge in [-0.25, -0.2) is 9.59 Å². The maximum atomic E-state index is 12.4. The van der Waals surface area contributed by atoms with Crippen molar-refractivity contribution >= 4 is 17.7 Å². The zero-order valence-corrected chi connectivity index (χ0v) is 14.8. The fourth-order valence-corrected chi connectivity index (χ4v) is 2.90. The average molecular weight is 352 g/mol. The normalized spacial score (nSPS) is 15.8. The van der Waals surface area contributed by atoms with Gasteiger partial charge in [-0.05, 0) is 25.0 Å². The molecule has 1 aromatic carbocycles. The summed E-state index contributed by atoms with van der Waals surface area (Å²) >= 11 is 0. The van der Waals surface area contributed by atoms with Crippen LogP contribution in [-0.4, -0.2) is 11.9 Å². The van der Waals surface area contributed by atoms with Crippen LogP contribution in [-0.2, 0) is 14.3 Å². The molecular formula is C21H20O5. The van der Waals surface area contributed by atoms with Crippen LogP contribution in [0.1, 0.15) is 49.2 Å². The van der Waals surface area contributed by atoms with Crippen LogP contribution < -0.4 is 0 Å². The van der Waals surface area contributed by atoms with Crippen molar-refractivity contribution in [3.8, 4) is 0 Å². The fourth-order valence-electron chi connectivity index (χ4n) is 2.90. The number of cyclic esters (lactones) is 1. The summed E-state index contributed by atoms with van der Waals surface area (Å²) in [6.07, 6.45) is 3.46. The highest BCUT2D eigenvalue weighted by Gasteiger charge is 2.33. The molecule has 0 radical (unpaired) electrons. The van der Waals surface area contributed by atoms with Crippen molar-refractivity contribution in [2.75, 3.05) is 0 Å². The van der Waals surface area contributed by atoms with Crippen molar-refractivity contribution in [1.82, 2.24) is 0 Å². The number of carbonyl (C=O) groups excluding carboxylic acids is 2. The predicted molar refractivity (Wildman–Crippen MR) is 95.8 cm³/mol. The minimum Gasteiger partial charge on any atom is -0.457 e. The predicted octanol–water partition coefficient (Wildman–Crippen LogP) is 4.87. The molecule has 0 fully saturated rings. The molecule has 0 N–H and O–H groups in total. The Kier molecular flexibility index (Phi) is 5.37. The quantitative estimate of drug-likeness (QED) is 0.548. The van der Waals surface area contributed by atoms with E-state index in [2.05, 4.69) is 0 Å². The summed E-state index contributed by atoms with van der Waals surface area (Å²) in [7, 11) is 0. The zero-order valence-electron chi connectivity index (χ0n) is 14.8. The summed E-state index contributed by atoms with van der Waals surface area (Å²) < 4.78 is 16.2. The second kappa shape index (κ2) is 7.87. The van der Waals surface area contributed by atoms with Crippen LogP contribution >= 0.6 is 0 Å². The van der Waals surface area contributed by atoms with E-state index in [0.29, 0.717) is 29.7 Å². The summed E-state index contributed by atoms with van der Waals surface area (Å²) in [5.41, 5.74) is 2.08. The number of hydrogen-bond acceptors (Lipinski definition) is 5. The maximum Gasteiger partial charge on any atom is 0.379 e. The summed E-state index contributed by atoms with van der Waals surface area (Å²) in [5.74, 6) is -0.396. The van der Waals surface area contributed by atoms with Gasteiger partial charge in [-0.1, -0.05) is 50.6 Å². The number of furan rings is 1. The van der Waals surface area contributed by atoms with E-state index in [-0.39, 0.29) is 17.5 Å². The molecule has 2 aromatic rings. The molecule has 0 amide bonds. The Labute approximate surface area is 151 Å². The van der Waals surface area contributed by atoms with E-state index >= 15 is 0 Å². The number of hydrogen-bond donors (Lipinski definition) is 0. The van der Waals surface area contributed by atoms with Crippen LogP contribution in [0, 0.1) is 0 Å². The molecule has 0 unspecified atom stereocenters. The van der Waals surface area contributed by atoms with Crippen LogP contribution in [0.5, 0.6) is 0 Å². The molecule has 0 atom stereocenters. The second-order valence-electron chi connectivity index (χ2n) is 5.84. The largest absolute Gasteiger partial charge is 0.457 e. The van der Waals surface area contributed by atoms with Gasteiger partial charge >= 0.3 is 11.9 Å². The van der Waals surface area contributed by atoms with Gasteiger partial charge < -0.3 is 13.9 Å². The molecule has 0 saturated carbocycles. The molecule has 5 nitrogen and oxygen atoms in total. The van der Waals surface area contributed by atoms with Crippen LogP contribution in [0.15, 0.2) is 70.1 Å². The van der Waals surface area contributed by atoms with Crippen LogP contribution in [0.25, 0.3) is 5.76 Å². The molecule has 3 rings (SSSR count). The zero-order chi connectivity index (χ0) is 18.5. The molecule has 26 heavy (non-hydrogen) atoms. The highest BCUT2D eigenvalue weighted by Crippen LogP contribution is 2.37. The Hall–Kier alpha value is -3.08. The van der Waals surface area contributed by atoms with Crippen LogP contribution in [0.2, 0.25) is 0 Å². The van der Waals surface area contributed by atoms with Gasteiger partial charge in [0.05, 0.1) is 6.26 Å². The Morgan fingerprint density at radius 2 is 1.81 bits per heavy atom. The van der Waals surface area contributed by atoms with Gasteiger partial charge in [-0.15, -0.1) is 0 Å². The molecular weight excluding hydrogens is 332 g/mol. The van der Waals surface area contributed by atoms with E-state index in [1.165, 1.54) is 12.3 Å². The van der Waals surface area contributed by atoms with Gasteiger partial charge in [0.1, 0.15) is 0 Å². The van der Waals surface area contributed by atoms with Crippen molar-refractivity contribution < 1.29 is 23.5 Å². The second-order valence-corrected chi connectivity index (χ2v) is 5.84. The number of carbonyl (C=O) groups is 2. The van der Waals surface area contributed by atoms with E-state index in [0.717, 1.165) is 12.0 Å². The van der Waals surface area contributed by atoms with Gasteiger partial charge in [0.15, 0.2) is 11.5 Å². The van der Waals surface area contributed by atoms with Crippen LogP contribution in [0.4, 0.5) is 0 Å². The lowest BCUT2D eigenvalue weighted by Gasteiger charge is -2.12. The van der Waals surface area contributed by atoms with Crippen molar-refractivity contribution in [2.45, 2.75) is 33.1 Å². The number of allylic oxidation sites excluding steroid dienone is 1. The summed E-state index contributed by atoms with van der Waals surface area (Å²) in [6.45, 7) is 3.95. The topological polar surface area (TPSA) is 65.7 Å². The molecule has 1 aromatic heterocycles. The smallest absolute Gasteiger partial charge is 0.379 e. The van der Waals surface area contributed by atoms with Gasteiger partial charge in [-0.3, -0.25) is 0 Å². The van der Waals surface area contributed by atoms with Gasteiger partial charge in [0.25, 0.3) is 0 Å². The maximum absolute atomic E-state index is 12.4. The fraction of sp³-hybridized carbons (Fsp3) is 0.238.